The van der Waals surface area contributed by atoms with Crippen LogP contribution in [0.5, 0.6) is 0 Å². The highest BCUT2D eigenvalue weighted by atomic mass is 35.5. The maximum atomic E-state index is 9.09. The van der Waals surface area contributed by atoms with Crippen LogP contribution in [-0.2, 0) is 0 Å². The minimum Gasteiger partial charge on any atom is -0.360 e. The van der Waals surface area contributed by atoms with Gasteiger partial charge < -0.3 is 10.6 Å². The summed E-state index contributed by atoms with van der Waals surface area (Å²) in [5.41, 5.74) is 1.89. The van der Waals surface area contributed by atoms with Crippen molar-refractivity contribution in [1.82, 2.24) is 30.8 Å². The number of nitriles is 1. The quantitative estimate of drug-likeness (QED) is 0.604. The van der Waals surface area contributed by atoms with Crippen LogP contribution in [0.1, 0.15) is 5.82 Å². The molecule has 3 aromatic rings. The summed E-state index contributed by atoms with van der Waals surface area (Å²) in [6, 6.07) is 12.8. The standard InChI is InChI=1S/C14H10ClN9/c15-12-5-6-13(20-19-12)18-11-3-1-10(2-4-11)17-8-9(7-16)14-21-23-24-22-14/h1-6,8,17H,(H,18,20)(H,21,22,23,24). The molecule has 0 saturated carbocycles. The fraction of sp³-hybridized carbons (Fsp3) is 0. The average molecular weight is 340 g/mol. The van der Waals surface area contributed by atoms with Crippen LogP contribution in [0.15, 0.2) is 42.6 Å². The first-order valence-electron chi connectivity index (χ1n) is 6.71. The van der Waals surface area contributed by atoms with Crippen LogP contribution < -0.4 is 10.6 Å². The summed E-state index contributed by atoms with van der Waals surface area (Å²) < 4.78 is 0. The highest BCUT2D eigenvalue weighted by molar-refractivity contribution is 6.29. The normalized spacial score (nSPS) is 10.9. The zero-order valence-electron chi connectivity index (χ0n) is 12.1. The third-order valence-electron chi connectivity index (χ3n) is 2.88. The molecular weight excluding hydrogens is 330 g/mol. The first-order chi connectivity index (χ1) is 11.7. The van der Waals surface area contributed by atoms with Crippen LogP contribution in [0, 0.1) is 11.3 Å². The molecule has 0 bridgehead atoms. The first-order valence-corrected chi connectivity index (χ1v) is 7.09. The van der Waals surface area contributed by atoms with Crippen LogP contribution in [0.4, 0.5) is 17.2 Å². The summed E-state index contributed by atoms with van der Waals surface area (Å²) in [4.78, 5) is 0. The van der Waals surface area contributed by atoms with Crippen molar-refractivity contribution in [2.24, 2.45) is 0 Å². The van der Waals surface area contributed by atoms with Crippen LogP contribution >= 0.6 is 11.6 Å². The molecule has 0 fully saturated rings. The number of anilines is 3. The average Bonchev–Trinajstić information content (AvgIpc) is 3.13. The number of benzene rings is 1. The monoisotopic (exact) mass is 339 g/mol. The number of aromatic amines is 1. The van der Waals surface area contributed by atoms with E-state index in [1.165, 1.54) is 6.20 Å². The minimum absolute atomic E-state index is 0.226. The summed E-state index contributed by atoms with van der Waals surface area (Å²) in [5, 5.41) is 36.4. The van der Waals surface area contributed by atoms with E-state index in [-0.39, 0.29) is 11.4 Å². The number of tetrazole rings is 1. The Balaban J connectivity index is 1.66. The first kappa shape index (κ1) is 15.4. The van der Waals surface area contributed by atoms with Gasteiger partial charge in [0.15, 0.2) is 11.0 Å². The summed E-state index contributed by atoms with van der Waals surface area (Å²) in [6.07, 6.45) is 1.51. The SMILES string of the molecule is N#CC(=CNc1ccc(Nc2ccc(Cl)nn2)cc1)c1nn[nH]n1. The van der Waals surface area contributed by atoms with Gasteiger partial charge in [-0.15, -0.1) is 20.4 Å². The molecule has 1 aromatic carbocycles. The van der Waals surface area contributed by atoms with Crippen molar-refractivity contribution in [1.29, 1.82) is 5.26 Å². The molecule has 2 aromatic heterocycles. The number of H-pyrrole nitrogens is 1. The van der Waals surface area contributed by atoms with Crippen molar-refractivity contribution >= 4 is 34.4 Å². The third kappa shape index (κ3) is 3.82. The molecule has 0 aliphatic carbocycles. The van der Waals surface area contributed by atoms with Crippen molar-refractivity contribution in [3.8, 4) is 6.07 Å². The Hall–Kier alpha value is -3.51. The van der Waals surface area contributed by atoms with Crippen molar-refractivity contribution in [2.75, 3.05) is 10.6 Å². The van der Waals surface area contributed by atoms with Crippen molar-refractivity contribution in [3.63, 3.8) is 0 Å². The highest BCUT2D eigenvalue weighted by Crippen LogP contribution is 2.18. The molecule has 9 nitrogen and oxygen atoms in total. The van der Waals surface area contributed by atoms with E-state index < -0.39 is 0 Å². The van der Waals surface area contributed by atoms with Gasteiger partial charge in [-0.05, 0) is 41.6 Å². The molecule has 0 saturated heterocycles. The van der Waals surface area contributed by atoms with Crippen molar-refractivity contribution in [2.45, 2.75) is 0 Å². The lowest BCUT2D eigenvalue weighted by Gasteiger charge is -2.06. The van der Waals surface area contributed by atoms with Gasteiger partial charge in [-0.3, -0.25) is 0 Å². The van der Waals surface area contributed by atoms with Crippen LogP contribution in [0.3, 0.4) is 0 Å². The Morgan fingerprint density at radius 2 is 1.88 bits per heavy atom. The zero-order chi connectivity index (χ0) is 16.8. The van der Waals surface area contributed by atoms with Crippen molar-refractivity contribution in [3.05, 3.63) is 53.6 Å². The molecule has 3 rings (SSSR count). The smallest absolute Gasteiger partial charge is 0.216 e. The van der Waals surface area contributed by atoms with E-state index in [2.05, 4.69) is 41.5 Å². The van der Waals surface area contributed by atoms with Crippen molar-refractivity contribution < 1.29 is 0 Å². The maximum absolute atomic E-state index is 9.09. The van der Waals surface area contributed by atoms with E-state index in [0.29, 0.717) is 11.0 Å². The lowest BCUT2D eigenvalue weighted by atomic mass is 10.2. The second-order valence-electron chi connectivity index (χ2n) is 4.49. The molecule has 0 atom stereocenters. The second-order valence-corrected chi connectivity index (χ2v) is 4.88. The molecule has 2 heterocycles. The Morgan fingerprint density at radius 1 is 1.08 bits per heavy atom. The summed E-state index contributed by atoms with van der Waals surface area (Å²) >= 11 is 5.69. The maximum Gasteiger partial charge on any atom is 0.216 e. The summed E-state index contributed by atoms with van der Waals surface area (Å²) in [5.74, 6) is 0.813. The molecule has 10 heteroatoms. The number of hydrogen-bond donors (Lipinski definition) is 3. The second kappa shape index (κ2) is 7.17. The predicted molar refractivity (Wildman–Crippen MR) is 88.2 cm³/mol. The molecule has 0 amide bonds. The predicted octanol–water partition coefficient (Wildman–Crippen LogP) is 2.36. The molecule has 0 radical (unpaired) electrons. The largest absolute Gasteiger partial charge is 0.360 e. The van der Waals surface area contributed by atoms with Gasteiger partial charge >= 0.3 is 0 Å². The Bertz CT molecular complexity index is 864. The fourth-order valence-corrected chi connectivity index (χ4v) is 1.86. The summed E-state index contributed by atoms with van der Waals surface area (Å²) in [7, 11) is 0. The topological polar surface area (TPSA) is 128 Å². The van der Waals surface area contributed by atoms with Gasteiger partial charge in [0.2, 0.25) is 5.82 Å². The van der Waals surface area contributed by atoms with E-state index in [1.807, 2.05) is 30.3 Å². The van der Waals surface area contributed by atoms with Gasteiger partial charge in [0.1, 0.15) is 11.6 Å². The van der Waals surface area contributed by atoms with E-state index in [4.69, 9.17) is 16.9 Å². The van der Waals surface area contributed by atoms with Gasteiger partial charge in [-0.1, -0.05) is 11.6 Å². The number of hydrogen-bond acceptors (Lipinski definition) is 8. The molecule has 24 heavy (non-hydrogen) atoms. The fourth-order valence-electron chi connectivity index (χ4n) is 1.76. The Labute approximate surface area is 141 Å². The van der Waals surface area contributed by atoms with Crippen LogP contribution in [0.25, 0.3) is 5.57 Å². The van der Waals surface area contributed by atoms with E-state index in [1.54, 1.807) is 12.1 Å². The number of halogens is 1. The van der Waals surface area contributed by atoms with Crippen LogP contribution in [-0.4, -0.2) is 30.8 Å². The molecule has 0 spiro atoms. The molecule has 118 valence electrons. The van der Waals surface area contributed by atoms with Crippen LogP contribution in [0.2, 0.25) is 5.15 Å². The molecule has 0 unspecified atom stereocenters. The number of allylic oxidation sites excluding steroid dienone is 1. The molecule has 0 aliphatic heterocycles. The summed E-state index contributed by atoms with van der Waals surface area (Å²) in [6.45, 7) is 0. The Kier molecular flexibility index (Phi) is 4.60. The zero-order valence-corrected chi connectivity index (χ0v) is 12.9. The van der Waals surface area contributed by atoms with Gasteiger partial charge in [0.25, 0.3) is 0 Å². The molecular formula is C14H10ClN9. The third-order valence-corrected chi connectivity index (χ3v) is 3.08. The molecule has 0 aliphatic rings. The van der Waals surface area contributed by atoms with Gasteiger partial charge in [-0.25, -0.2) is 0 Å². The highest BCUT2D eigenvalue weighted by Gasteiger charge is 2.05. The van der Waals surface area contributed by atoms with Gasteiger partial charge in [-0.2, -0.15) is 10.5 Å². The van der Waals surface area contributed by atoms with Gasteiger partial charge in [0.05, 0.1) is 0 Å². The van der Waals surface area contributed by atoms with E-state index in [9.17, 15) is 0 Å². The van der Waals surface area contributed by atoms with Gasteiger partial charge in [0, 0.05) is 17.6 Å². The Morgan fingerprint density at radius 3 is 2.50 bits per heavy atom. The lowest BCUT2D eigenvalue weighted by Crippen LogP contribution is -1.96. The number of aromatic nitrogens is 6. The van der Waals surface area contributed by atoms with E-state index in [0.717, 1.165) is 11.4 Å². The lowest BCUT2D eigenvalue weighted by molar-refractivity contribution is 0.881. The number of nitrogens with zero attached hydrogens (tertiary/aromatic N) is 6. The number of rotatable bonds is 5. The molecule has 3 N–H and O–H groups in total. The minimum atomic E-state index is 0.226. The number of nitrogens with one attached hydrogen (secondary N) is 3. The van der Waals surface area contributed by atoms with E-state index >= 15 is 0 Å².